The minimum Gasteiger partial charge on any atom is -0.471 e. The van der Waals surface area contributed by atoms with Crippen molar-refractivity contribution in [3.8, 4) is 5.75 Å². The molecule has 1 aromatic carbocycles. The highest BCUT2D eigenvalue weighted by atomic mass is 16.5. The molecule has 1 unspecified atom stereocenters. The molecule has 2 amide bonds. The molecular formula is C16H26N2O4. The number of carbonyl (C=O) groups is 1. The Kier molecular flexibility index (Phi) is 8.32. The Hall–Kier alpha value is -1.79. The summed E-state index contributed by atoms with van der Waals surface area (Å²) >= 11 is 0. The van der Waals surface area contributed by atoms with Crippen molar-refractivity contribution in [3.63, 3.8) is 0 Å². The molecule has 6 nitrogen and oxygen atoms in total. The van der Waals surface area contributed by atoms with Crippen LogP contribution in [0.2, 0.25) is 0 Å². The maximum absolute atomic E-state index is 11.7. The average Bonchev–Trinajstić information content (AvgIpc) is 2.47. The first-order valence-corrected chi connectivity index (χ1v) is 7.53. The van der Waals surface area contributed by atoms with Gasteiger partial charge in [0.1, 0.15) is 5.75 Å². The van der Waals surface area contributed by atoms with Gasteiger partial charge in [0.15, 0.2) is 6.23 Å². The molecule has 0 spiro atoms. The molecule has 0 radical (unpaired) electrons. The standard InChI is InChI=1S/C16H26N2O4/c1-12(2)14-6-4-5-7-15(14)22-13(3)18-16(20)17-8-10-21-11-9-19/h4-7,12-13,19H,8-11H2,1-3H3,(H2,17,18,20). The van der Waals surface area contributed by atoms with E-state index in [0.29, 0.717) is 19.1 Å². The third-order valence-corrected chi connectivity index (χ3v) is 2.95. The van der Waals surface area contributed by atoms with Crippen molar-refractivity contribution in [2.45, 2.75) is 32.9 Å². The molecule has 3 N–H and O–H groups in total. The lowest BCUT2D eigenvalue weighted by atomic mass is 10.0. The summed E-state index contributed by atoms with van der Waals surface area (Å²) in [7, 11) is 0. The highest BCUT2D eigenvalue weighted by molar-refractivity contribution is 5.73. The first-order valence-electron chi connectivity index (χ1n) is 7.53. The number of aliphatic hydroxyl groups excluding tert-OH is 1. The highest BCUT2D eigenvalue weighted by Gasteiger charge is 2.12. The molecule has 0 fully saturated rings. The third-order valence-electron chi connectivity index (χ3n) is 2.95. The van der Waals surface area contributed by atoms with Crippen LogP contribution in [0.25, 0.3) is 0 Å². The van der Waals surface area contributed by atoms with Crippen LogP contribution in [0.5, 0.6) is 5.75 Å². The molecular weight excluding hydrogens is 284 g/mol. The summed E-state index contributed by atoms with van der Waals surface area (Å²) in [6.45, 7) is 6.96. The van der Waals surface area contributed by atoms with Crippen LogP contribution >= 0.6 is 0 Å². The second-order valence-corrected chi connectivity index (χ2v) is 5.19. The molecule has 0 aliphatic rings. The Morgan fingerprint density at radius 3 is 2.64 bits per heavy atom. The minimum atomic E-state index is -0.446. The Morgan fingerprint density at radius 2 is 1.95 bits per heavy atom. The summed E-state index contributed by atoms with van der Waals surface area (Å²) in [5.74, 6) is 1.12. The smallest absolute Gasteiger partial charge is 0.317 e. The van der Waals surface area contributed by atoms with Gasteiger partial charge in [-0.25, -0.2) is 4.79 Å². The van der Waals surface area contributed by atoms with Crippen LogP contribution in [0.4, 0.5) is 4.79 Å². The van der Waals surface area contributed by atoms with Gasteiger partial charge in [0.05, 0.1) is 19.8 Å². The van der Waals surface area contributed by atoms with Crippen LogP contribution in [0, 0.1) is 0 Å². The molecule has 6 heteroatoms. The number of ether oxygens (including phenoxy) is 2. The summed E-state index contributed by atoms with van der Waals surface area (Å²) in [5, 5.41) is 13.9. The number of aliphatic hydroxyl groups is 1. The van der Waals surface area contributed by atoms with Gasteiger partial charge in [0.2, 0.25) is 0 Å². The van der Waals surface area contributed by atoms with Gasteiger partial charge >= 0.3 is 6.03 Å². The Morgan fingerprint density at radius 1 is 1.23 bits per heavy atom. The Bertz CT molecular complexity index is 452. The third kappa shape index (κ3) is 6.78. The van der Waals surface area contributed by atoms with Gasteiger partial charge in [0.25, 0.3) is 0 Å². The molecule has 124 valence electrons. The van der Waals surface area contributed by atoms with E-state index in [0.717, 1.165) is 11.3 Å². The fraction of sp³-hybridized carbons (Fsp3) is 0.562. The largest absolute Gasteiger partial charge is 0.471 e. The molecule has 1 aromatic rings. The van der Waals surface area contributed by atoms with Crippen LogP contribution in [-0.4, -0.2) is 43.7 Å². The monoisotopic (exact) mass is 310 g/mol. The number of amides is 2. The van der Waals surface area contributed by atoms with Crippen molar-refractivity contribution in [1.82, 2.24) is 10.6 Å². The number of carbonyl (C=O) groups excluding carboxylic acids is 1. The van der Waals surface area contributed by atoms with Crippen LogP contribution in [-0.2, 0) is 4.74 Å². The minimum absolute atomic E-state index is 0.0215. The van der Waals surface area contributed by atoms with Crippen molar-refractivity contribution >= 4 is 6.03 Å². The molecule has 1 atom stereocenters. The van der Waals surface area contributed by atoms with E-state index in [9.17, 15) is 4.79 Å². The Balaban J connectivity index is 2.36. The van der Waals surface area contributed by atoms with Crippen LogP contribution < -0.4 is 15.4 Å². The average molecular weight is 310 g/mol. The zero-order valence-electron chi connectivity index (χ0n) is 13.5. The van der Waals surface area contributed by atoms with Gasteiger partial charge in [0, 0.05) is 6.54 Å². The van der Waals surface area contributed by atoms with Crippen LogP contribution in [0.15, 0.2) is 24.3 Å². The van der Waals surface area contributed by atoms with E-state index in [2.05, 4.69) is 24.5 Å². The van der Waals surface area contributed by atoms with E-state index in [-0.39, 0.29) is 19.2 Å². The van der Waals surface area contributed by atoms with E-state index in [1.165, 1.54) is 0 Å². The number of urea groups is 1. The first-order chi connectivity index (χ1) is 10.5. The summed E-state index contributed by atoms with van der Waals surface area (Å²) in [6.07, 6.45) is -0.446. The van der Waals surface area contributed by atoms with Crippen LogP contribution in [0.3, 0.4) is 0 Å². The zero-order valence-corrected chi connectivity index (χ0v) is 13.5. The quantitative estimate of drug-likeness (QED) is 0.480. The van der Waals surface area contributed by atoms with Gasteiger partial charge in [-0.15, -0.1) is 0 Å². The Labute approximate surface area is 131 Å². The zero-order chi connectivity index (χ0) is 16.4. The number of nitrogens with one attached hydrogen (secondary N) is 2. The van der Waals surface area contributed by atoms with Gasteiger partial charge in [-0.1, -0.05) is 32.0 Å². The molecule has 0 saturated heterocycles. The van der Waals surface area contributed by atoms with Gasteiger partial charge in [-0.3, -0.25) is 0 Å². The fourth-order valence-corrected chi connectivity index (χ4v) is 1.92. The SMILES string of the molecule is CC(NC(=O)NCCOCCO)Oc1ccccc1C(C)C. The van der Waals surface area contributed by atoms with E-state index < -0.39 is 6.23 Å². The van der Waals surface area contributed by atoms with Crippen molar-refractivity contribution in [3.05, 3.63) is 29.8 Å². The predicted molar refractivity (Wildman–Crippen MR) is 85.1 cm³/mol. The van der Waals surface area contributed by atoms with Gasteiger partial charge in [-0.2, -0.15) is 0 Å². The van der Waals surface area contributed by atoms with E-state index in [4.69, 9.17) is 14.6 Å². The molecule has 0 aromatic heterocycles. The summed E-state index contributed by atoms with van der Waals surface area (Å²) in [4.78, 5) is 11.7. The lowest BCUT2D eigenvalue weighted by Crippen LogP contribution is -2.44. The first kappa shape index (κ1) is 18.3. The van der Waals surface area contributed by atoms with Crippen molar-refractivity contribution in [2.24, 2.45) is 0 Å². The number of benzene rings is 1. The molecule has 22 heavy (non-hydrogen) atoms. The number of rotatable bonds is 9. The fourth-order valence-electron chi connectivity index (χ4n) is 1.92. The maximum atomic E-state index is 11.7. The van der Waals surface area contributed by atoms with Crippen molar-refractivity contribution in [2.75, 3.05) is 26.4 Å². The van der Waals surface area contributed by atoms with Gasteiger partial charge < -0.3 is 25.2 Å². The normalized spacial score (nSPS) is 12.0. The van der Waals surface area contributed by atoms with Crippen molar-refractivity contribution < 1.29 is 19.4 Å². The highest BCUT2D eigenvalue weighted by Crippen LogP contribution is 2.26. The molecule has 0 saturated carbocycles. The lowest BCUT2D eigenvalue weighted by Gasteiger charge is -2.20. The number of para-hydroxylation sites is 1. The van der Waals surface area contributed by atoms with E-state index in [1.807, 2.05) is 24.3 Å². The molecule has 0 aliphatic heterocycles. The maximum Gasteiger partial charge on any atom is 0.317 e. The summed E-state index contributed by atoms with van der Waals surface area (Å²) in [6, 6.07) is 7.48. The summed E-state index contributed by atoms with van der Waals surface area (Å²) < 4.78 is 10.8. The van der Waals surface area contributed by atoms with Crippen LogP contribution in [0.1, 0.15) is 32.3 Å². The van der Waals surface area contributed by atoms with E-state index in [1.54, 1.807) is 6.92 Å². The molecule has 0 aliphatic carbocycles. The van der Waals surface area contributed by atoms with Gasteiger partial charge in [-0.05, 0) is 24.5 Å². The second-order valence-electron chi connectivity index (χ2n) is 5.19. The topological polar surface area (TPSA) is 79.8 Å². The van der Waals surface area contributed by atoms with Crippen molar-refractivity contribution in [1.29, 1.82) is 0 Å². The number of hydrogen-bond donors (Lipinski definition) is 3. The second kappa shape index (κ2) is 10.0. The molecule has 0 bridgehead atoms. The molecule has 0 heterocycles. The molecule has 1 rings (SSSR count). The lowest BCUT2D eigenvalue weighted by molar-refractivity contribution is 0.0942. The summed E-state index contributed by atoms with van der Waals surface area (Å²) in [5.41, 5.74) is 1.11. The predicted octanol–water partition coefficient (Wildman–Crippen LogP) is 1.84. The van der Waals surface area contributed by atoms with E-state index >= 15 is 0 Å². The number of hydrogen-bond acceptors (Lipinski definition) is 4.